The van der Waals surface area contributed by atoms with E-state index in [0.29, 0.717) is 12.6 Å². The van der Waals surface area contributed by atoms with Crippen LogP contribution in [0.5, 0.6) is 11.5 Å². The molecule has 3 fully saturated rings. The minimum Gasteiger partial charge on any atom is -0.493 e. The number of nitrogens with zero attached hydrogens (tertiary/aromatic N) is 2. The van der Waals surface area contributed by atoms with Crippen LogP contribution in [0, 0.1) is 17.3 Å². The first-order valence-electron chi connectivity index (χ1n) is 13.2. The van der Waals surface area contributed by atoms with E-state index in [0.717, 1.165) is 43.2 Å². The maximum atomic E-state index is 14.0. The number of amides is 1. The zero-order valence-electron chi connectivity index (χ0n) is 21.1. The second-order valence-corrected chi connectivity index (χ2v) is 11.7. The van der Waals surface area contributed by atoms with Gasteiger partial charge in [0, 0.05) is 44.3 Å². The number of ether oxygens (including phenoxy) is 3. The van der Waals surface area contributed by atoms with Crippen LogP contribution in [0.4, 0.5) is 0 Å². The van der Waals surface area contributed by atoms with E-state index in [9.17, 15) is 4.79 Å². The van der Waals surface area contributed by atoms with Gasteiger partial charge in [-0.25, -0.2) is 0 Å². The van der Waals surface area contributed by atoms with Crippen molar-refractivity contribution >= 4 is 5.91 Å². The molecule has 1 amide bonds. The molecule has 0 N–H and O–H groups in total. The molecule has 35 heavy (non-hydrogen) atoms. The number of likely N-dealkylation sites (tertiary alicyclic amines) is 1. The van der Waals surface area contributed by atoms with Crippen molar-refractivity contribution in [2.75, 3.05) is 40.9 Å². The van der Waals surface area contributed by atoms with Crippen LogP contribution in [-0.4, -0.2) is 74.4 Å². The van der Waals surface area contributed by atoms with Crippen molar-refractivity contribution in [1.29, 1.82) is 0 Å². The Morgan fingerprint density at radius 3 is 2.86 bits per heavy atom. The van der Waals surface area contributed by atoms with Gasteiger partial charge in [-0.15, -0.1) is 6.58 Å². The third-order valence-electron chi connectivity index (χ3n) is 10.4. The third kappa shape index (κ3) is 2.45. The SMILES string of the molecule is C=CCN(C)C(=O)[C@H]1C[C@@]23C=CC1(OC)C1Oc4c(OC)ccc5c4[C@@]12CCN(CC1CC1)[C@H]3C5. The second-order valence-electron chi connectivity index (χ2n) is 11.7. The van der Waals surface area contributed by atoms with Crippen LogP contribution in [0.3, 0.4) is 0 Å². The maximum absolute atomic E-state index is 14.0. The van der Waals surface area contributed by atoms with Gasteiger partial charge < -0.3 is 19.1 Å². The zero-order chi connectivity index (χ0) is 24.2. The Kier molecular flexibility index (Phi) is 4.47. The summed E-state index contributed by atoms with van der Waals surface area (Å²) in [5.74, 6) is 2.32. The van der Waals surface area contributed by atoms with Gasteiger partial charge in [0.15, 0.2) is 11.5 Å². The summed E-state index contributed by atoms with van der Waals surface area (Å²) in [5, 5.41) is 0. The van der Waals surface area contributed by atoms with Crippen LogP contribution in [0.15, 0.2) is 36.9 Å². The topological polar surface area (TPSA) is 51.2 Å². The third-order valence-corrected chi connectivity index (χ3v) is 10.4. The number of piperidine rings is 1. The van der Waals surface area contributed by atoms with Crippen molar-refractivity contribution in [1.82, 2.24) is 9.80 Å². The highest BCUT2D eigenvalue weighted by Crippen LogP contribution is 2.74. The van der Waals surface area contributed by atoms with E-state index in [4.69, 9.17) is 14.2 Å². The Bertz CT molecular complexity index is 1140. The summed E-state index contributed by atoms with van der Waals surface area (Å²) in [6.07, 6.45) is 11.7. The lowest BCUT2D eigenvalue weighted by atomic mass is 9.37. The minimum atomic E-state index is -0.809. The van der Waals surface area contributed by atoms with Gasteiger partial charge in [0.2, 0.25) is 5.91 Å². The molecule has 2 aliphatic heterocycles. The van der Waals surface area contributed by atoms with Crippen molar-refractivity contribution in [3.8, 4) is 11.5 Å². The number of rotatable bonds is 7. The molecule has 7 aliphatic rings. The predicted molar refractivity (Wildman–Crippen MR) is 133 cm³/mol. The molecule has 0 aromatic heterocycles. The van der Waals surface area contributed by atoms with Gasteiger partial charge >= 0.3 is 0 Å². The van der Waals surface area contributed by atoms with Crippen molar-refractivity contribution < 1.29 is 19.0 Å². The number of likely N-dealkylation sites (N-methyl/N-ethyl adjacent to an activating group) is 1. The molecule has 0 radical (unpaired) electrons. The monoisotopic (exact) mass is 476 g/mol. The summed E-state index contributed by atoms with van der Waals surface area (Å²) in [6.45, 7) is 6.62. The Morgan fingerprint density at radius 1 is 1.31 bits per heavy atom. The Morgan fingerprint density at radius 2 is 2.14 bits per heavy atom. The summed E-state index contributed by atoms with van der Waals surface area (Å²) in [6, 6.07) is 4.69. The average Bonchev–Trinajstić information content (AvgIpc) is 3.62. The molecule has 6 heteroatoms. The first-order valence-corrected chi connectivity index (χ1v) is 13.2. The van der Waals surface area contributed by atoms with Crippen molar-refractivity contribution in [2.24, 2.45) is 17.3 Å². The molecule has 1 aromatic carbocycles. The second kappa shape index (κ2) is 7.13. The standard InChI is InChI=1S/C29H36N2O4/c1-5-13-30(2)25(32)20-16-27-10-11-29(20,34-4)26-28(27)12-14-31(17-18-6-7-18)22(27)15-19-8-9-21(33-3)24(35-26)23(19)28/h5,8-11,18,20,22,26H,1,6-7,12-17H2,2-4H3/t20-,22+,26?,27-,28+,29?/m1/s1. The van der Waals surface area contributed by atoms with Gasteiger partial charge in [-0.3, -0.25) is 9.69 Å². The summed E-state index contributed by atoms with van der Waals surface area (Å²) >= 11 is 0. The number of benzene rings is 1. The molecule has 1 aromatic rings. The van der Waals surface area contributed by atoms with E-state index < -0.39 is 5.60 Å². The first-order chi connectivity index (χ1) is 17.0. The lowest BCUT2D eigenvalue weighted by Gasteiger charge is -2.71. The van der Waals surface area contributed by atoms with E-state index in [-0.39, 0.29) is 28.8 Å². The summed E-state index contributed by atoms with van der Waals surface area (Å²) in [5.41, 5.74) is 1.55. The van der Waals surface area contributed by atoms with E-state index in [2.05, 4.69) is 35.8 Å². The highest BCUT2D eigenvalue weighted by atomic mass is 16.6. The zero-order valence-corrected chi connectivity index (χ0v) is 21.1. The van der Waals surface area contributed by atoms with Crippen LogP contribution in [-0.2, 0) is 21.4 Å². The first kappa shape index (κ1) is 21.9. The molecule has 2 spiro atoms. The largest absolute Gasteiger partial charge is 0.493 e. The number of fused-ring (bicyclic) bond motifs is 1. The molecule has 6 atom stereocenters. The fraction of sp³-hybridized carbons (Fsp3) is 0.621. The number of methoxy groups -OCH3 is 2. The van der Waals surface area contributed by atoms with Gasteiger partial charge in [-0.1, -0.05) is 24.3 Å². The van der Waals surface area contributed by atoms with E-state index in [1.807, 2.05) is 7.05 Å². The van der Waals surface area contributed by atoms with Crippen LogP contribution in [0.25, 0.3) is 0 Å². The van der Waals surface area contributed by atoms with Gasteiger partial charge in [-0.05, 0) is 56.2 Å². The Labute approximate surface area is 207 Å². The van der Waals surface area contributed by atoms with Crippen LogP contribution in [0.1, 0.15) is 36.8 Å². The number of hydrogen-bond donors (Lipinski definition) is 0. The number of carbonyl (C=O) groups is 1. The summed E-state index contributed by atoms with van der Waals surface area (Å²) in [7, 11) is 5.34. The van der Waals surface area contributed by atoms with Gasteiger partial charge in [0.25, 0.3) is 0 Å². The minimum absolute atomic E-state index is 0.120. The lowest BCUT2D eigenvalue weighted by molar-refractivity contribution is -0.218. The van der Waals surface area contributed by atoms with Gasteiger partial charge in [-0.2, -0.15) is 0 Å². The van der Waals surface area contributed by atoms with Crippen LogP contribution >= 0.6 is 0 Å². The lowest BCUT2D eigenvalue weighted by Crippen LogP contribution is -2.80. The fourth-order valence-corrected chi connectivity index (χ4v) is 8.76. The molecule has 4 bridgehead atoms. The molecular formula is C29H36N2O4. The van der Waals surface area contributed by atoms with Crippen molar-refractivity contribution in [3.63, 3.8) is 0 Å². The van der Waals surface area contributed by atoms with Crippen molar-refractivity contribution in [3.05, 3.63) is 48.1 Å². The number of carbonyl (C=O) groups excluding carboxylic acids is 1. The molecule has 5 aliphatic carbocycles. The average molecular weight is 477 g/mol. The summed E-state index contributed by atoms with van der Waals surface area (Å²) in [4.78, 5) is 18.5. The number of hydrogen-bond acceptors (Lipinski definition) is 5. The van der Waals surface area contributed by atoms with Gasteiger partial charge in [0.1, 0.15) is 11.7 Å². The van der Waals surface area contributed by atoms with E-state index >= 15 is 0 Å². The molecule has 186 valence electrons. The predicted octanol–water partition coefficient (Wildman–Crippen LogP) is 3.34. The Hall–Kier alpha value is -2.31. The molecule has 2 saturated carbocycles. The van der Waals surface area contributed by atoms with E-state index in [1.165, 1.54) is 30.5 Å². The quantitative estimate of drug-likeness (QED) is 0.565. The molecular weight excluding hydrogens is 440 g/mol. The molecule has 2 unspecified atom stereocenters. The summed E-state index contributed by atoms with van der Waals surface area (Å²) < 4.78 is 19.2. The maximum Gasteiger partial charge on any atom is 0.229 e. The Balaban J connectivity index is 1.45. The highest BCUT2D eigenvalue weighted by Gasteiger charge is 2.80. The smallest absolute Gasteiger partial charge is 0.229 e. The molecule has 1 saturated heterocycles. The van der Waals surface area contributed by atoms with Crippen LogP contribution < -0.4 is 9.47 Å². The van der Waals surface area contributed by atoms with Crippen LogP contribution in [0.2, 0.25) is 0 Å². The fourth-order valence-electron chi connectivity index (χ4n) is 8.76. The molecule has 8 rings (SSSR count). The van der Waals surface area contributed by atoms with Crippen molar-refractivity contribution in [2.45, 2.75) is 55.3 Å². The van der Waals surface area contributed by atoms with Gasteiger partial charge in [0.05, 0.1) is 18.4 Å². The highest BCUT2D eigenvalue weighted by molar-refractivity contribution is 5.83. The molecule has 6 nitrogen and oxygen atoms in total. The van der Waals surface area contributed by atoms with E-state index in [1.54, 1.807) is 25.2 Å². The normalized spacial score (nSPS) is 39.7. The molecule has 2 heterocycles.